The van der Waals surface area contributed by atoms with Crippen molar-refractivity contribution in [1.29, 1.82) is 0 Å². The molecule has 1 rings (SSSR count). The largest absolute Gasteiger partial charge is 0.393 e. The fraction of sp³-hybridized carbons (Fsp3) is 0.333. The Labute approximate surface area is 111 Å². The Morgan fingerprint density at radius 3 is 2.53 bits per heavy atom. The van der Waals surface area contributed by atoms with Gasteiger partial charge in [-0.25, -0.2) is 0 Å². The van der Waals surface area contributed by atoms with Crippen LogP contribution < -0.4 is 11.1 Å². The Morgan fingerprint density at radius 1 is 1.29 bits per heavy atom. The first-order valence-electron chi connectivity index (χ1n) is 5.41. The number of unbranched alkanes of at least 4 members (excludes halogenated alkanes) is 1. The summed E-state index contributed by atoms with van der Waals surface area (Å²) in [7, 11) is 0. The van der Waals surface area contributed by atoms with Crippen LogP contribution in [0.15, 0.2) is 24.3 Å². The van der Waals surface area contributed by atoms with Crippen molar-refractivity contribution in [2.24, 2.45) is 5.73 Å². The number of carbonyl (C=O) groups is 1. The smallest absolute Gasteiger partial charge is 0.251 e. The quantitative estimate of drug-likeness (QED) is 0.617. The van der Waals surface area contributed by atoms with E-state index in [9.17, 15) is 4.79 Å². The maximum absolute atomic E-state index is 11.6. The molecule has 92 valence electrons. The molecular formula is C12H15ClN2OS. The number of rotatable bonds is 6. The van der Waals surface area contributed by atoms with E-state index in [-0.39, 0.29) is 5.91 Å². The van der Waals surface area contributed by atoms with E-state index in [1.165, 1.54) is 0 Å². The predicted octanol–water partition coefficient (Wildman–Crippen LogP) is 2.53. The normalized spacial score (nSPS) is 9.94. The van der Waals surface area contributed by atoms with E-state index in [0.717, 1.165) is 19.3 Å². The lowest BCUT2D eigenvalue weighted by molar-refractivity contribution is 0.0953. The highest BCUT2D eigenvalue weighted by Crippen LogP contribution is 2.09. The van der Waals surface area contributed by atoms with Crippen LogP contribution in [0.25, 0.3) is 0 Å². The number of hydrogen-bond acceptors (Lipinski definition) is 2. The van der Waals surface area contributed by atoms with Crippen LogP contribution in [0.2, 0.25) is 5.02 Å². The number of hydrogen-bond donors (Lipinski definition) is 2. The summed E-state index contributed by atoms with van der Waals surface area (Å²) in [5.41, 5.74) is 5.99. The Hall–Kier alpha value is -1.13. The molecule has 3 nitrogen and oxygen atoms in total. The maximum Gasteiger partial charge on any atom is 0.251 e. The lowest BCUT2D eigenvalue weighted by atomic mass is 10.2. The van der Waals surface area contributed by atoms with E-state index in [4.69, 9.17) is 29.6 Å². The summed E-state index contributed by atoms with van der Waals surface area (Å²) in [5.74, 6) is -0.0861. The summed E-state index contributed by atoms with van der Waals surface area (Å²) >= 11 is 10.5. The summed E-state index contributed by atoms with van der Waals surface area (Å²) in [6.07, 6.45) is 2.50. The van der Waals surface area contributed by atoms with E-state index in [1.54, 1.807) is 24.3 Å². The molecule has 0 radical (unpaired) electrons. The lowest BCUT2D eigenvalue weighted by Gasteiger charge is -2.05. The molecule has 1 aromatic carbocycles. The first kappa shape index (κ1) is 13.9. The SMILES string of the molecule is NC(=S)CCCCNC(=O)c1ccc(Cl)cc1. The van der Waals surface area contributed by atoms with Crippen LogP contribution in [0.1, 0.15) is 29.6 Å². The van der Waals surface area contributed by atoms with Gasteiger partial charge in [-0.3, -0.25) is 4.79 Å². The van der Waals surface area contributed by atoms with Crippen molar-refractivity contribution in [2.45, 2.75) is 19.3 Å². The topological polar surface area (TPSA) is 55.1 Å². The number of nitrogens with two attached hydrogens (primary N) is 1. The number of halogens is 1. The molecule has 17 heavy (non-hydrogen) atoms. The Kier molecular flexibility index (Phi) is 5.94. The summed E-state index contributed by atoms with van der Waals surface area (Å²) < 4.78 is 0. The van der Waals surface area contributed by atoms with Gasteiger partial charge in [0.05, 0.1) is 4.99 Å². The molecular weight excluding hydrogens is 256 g/mol. The summed E-state index contributed by atoms with van der Waals surface area (Å²) in [5, 5.41) is 3.45. The summed E-state index contributed by atoms with van der Waals surface area (Å²) in [6, 6.07) is 6.80. The van der Waals surface area contributed by atoms with Crippen molar-refractivity contribution in [3.05, 3.63) is 34.9 Å². The van der Waals surface area contributed by atoms with E-state index in [1.807, 2.05) is 0 Å². The summed E-state index contributed by atoms with van der Waals surface area (Å²) in [6.45, 7) is 0.629. The van der Waals surface area contributed by atoms with Gasteiger partial charge < -0.3 is 11.1 Å². The zero-order valence-corrected chi connectivity index (χ0v) is 11.0. The number of carbonyl (C=O) groups excluding carboxylic acids is 1. The van der Waals surface area contributed by atoms with Gasteiger partial charge in [-0.1, -0.05) is 23.8 Å². The van der Waals surface area contributed by atoms with Gasteiger partial charge in [-0.2, -0.15) is 0 Å². The third-order valence-electron chi connectivity index (χ3n) is 2.24. The fourth-order valence-electron chi connectivity index (χ4n) is 1.33. The number of amides is 1. The molecule has 0 heterocycles. The molecule has 0 spiro atoms. The Balaban J connectivity index is 2.25. The molecule has 0 aliphatic rings. The van der Waals surface area contributed by atoms with Crippen molar-refractivity contribution >= 4 is 34.7 Å². The highest BCUT2D eigenvalue weighted by atomic mass is 35.5. The van der Waals surface area contributed by atoms with Crippen LogP contribution in [-0.4, -0.2) is 17.4 Å². The Bertz CT molecular complexity index is 392. The molecule has 0 aliphatic heterocycles. The van der Waals surface area contributed by atoms with Gasteiger partial charge in [0.15, 0.2) is 0 Å². The monoisotopic (exact) mass is 270 g/mol. The summed E-state index contributed by atoms with van der Waals surface area (Å²) in [4.78, 5) is 12.2. The first-order valence-corrected chi connectivity index (χ1v) is 6.20. The predicted molar refractivity (Wildman–Crippen MR) is 74.4 cm³/mol. The molecule has 0 unspecified atom stereocenters. The first-order chi connectivity index (χ1) is 8.09. The van der Waals surface area contributed by atoms with Crippen molar-refractivity contribution < 1.29 is 4.79 Å². The van der Waals surface area contributed by atoms with Gasteiger partial charge in [-0.15, -0.1) is 0 Å². The van der Waals surface area contributed by atoms with Crippen LogP contribution in [0.4, 0.5) is 0 Å². The van der Waals surface area contributed by atoms with E-state index in [2.05, 4.69) is 5.32 Å². The van der Waals surface area contributed by atoms with Crippen LogP contribution >= 0.6 is 23.8 Å². The number of thiocarbonyl (C=S) groups is 1. The second kappa shape index (κ2) is 7.25. The third kappa shape index (κ3) is 5.65. The fourth-order valence-corrected chi connectivity index (χ4v) is 1.60. The molecule has 1 aromatic rings. The van der Waals surface area contributed by atoms with E-state index in [0.29, 0.717) is 22.1 Å². The zero-order chi connectivity index (χ0) is 12.7. The molecule has 0 atom stereocenters. The molecule has 0 saturated carbocycles. The highest BCUT2D eigenvalue weighted by molar-refractivity contribution is 7.80. The molecule has 0 aromatic heterocycles. The van der Waals surface area contributed by atoms with Gasteiger partial charge in [0, 0.05) is 17.1 Å². The average Bonchev–Trinajstić information content (AvgIpc) is 2.29. The van der Waals surface area contributed by atoms with Gasteiger partial charge in [0.2, 0.25) is 0 Å². The van der Waals surface area contributed by atoms with Gasteiger partial charge >= 0.3 is 0 Å². The van der Waals surface area contributed by atoms with Gasteiger partial charge in [0.25, 0.3) is 5.91 Å². The third-order valence-corrected chi connectivity index (χ3v) is 2.70. The van der Waals surface area contributed by atoms with Gasteiger partial charge in [-0.05, 0) is 43.5 Å². The maximum atomic E-state index is 11.6. The lowest BCUT2D eigenvalue weighted by Crippen LogP contribution is -2.24. The second-order valence-electron chi connectivity index (χ2n) is 3.69. The molecule has 0 aliphatic carbocycles. The van der Waals surface area contributed by atoms with Crippen molar-refractivity contribution in [3.8, 4) is 0 Å². The van der Waals surface area contributed by atoms with E-state index >= 15 is 0 Å². The minimum absolute atomic E-state index is 0.0861. The molecule has 0 bridgehead atoms. The average molecular weight is 271 g/mol. The highest BCUT2D eigenvalue weighted by Gasteiger charge is 2.03. The van der Waals surface area contributed by atoms with Gasteiger partial charge in [0.1, 0.15) is 0 Å². The van der Waals surface area contributed by atoms with Crippen LogP contribution in [-0.2, 0) is 0 Å². The molecule has 0 fully saturated rings. The van der Waals surface area contributed by atoms with Crippen LogP contribution in [0.5, 0.6) is 0 Å². The molecule has 0 saturated heterocycles. The number of nitrogens with one attached hydrogen (secondary N) is 1. The van der Waals surface area contributed by atoms with Crippen molar-refractivity contribution in [1.82, 2.24) is 5.32 Å². The van der Waals surface area contributed by atoms with Crippen molar-refractivity contribution in [2.75, 3.05) is 6.54 Å². The molecule has 5 heteroatoms. The zero-order valence-electron chi connectivity index (χ0n) is 9.41. The molecule has 1 amide bonds. The molecule has 3 N–H and O–H groups in total. The van der Waals surface area contributed by atoms with Crippen LogP contribution in [0, 0.1) is 0 Å². The van der Waals surface area contributed by atoms with Crippen molar-refractivity contribution in [3.63, 3.8) is 0 Å². The minimum atomic E-state index is -0.0861. The minimum Gasteiger partial charge on any atom is -0.393 e. The van der Waals surface area contributed by atoms with E-state index < -0.39 is 0 Å². The number of benzene rings is 1. The Morgan fingerprint density at radius 2 is 1.94 bits per heavy atom. The standard InChI is InChI=1S/C12H15ClN2OS/c13-10-6-4-9(5-7-10)12(16)15-8-2-1-3-11(14)17/h4-7H,1-3,8H2,(H2,14,17)(H,15,16). The van der Waals surface area contributed by atoms with Crippen LogP contribution in [0.3, 0.4) is 0 Å². The second-order valence-corrected chi connectivity index (χ2v) is 4.65.